The molecule has 40 heavy (non-hydrogen) atoms. The van der Waals surface area contributed by atoms with Crippen molar-refractivity contribution in [2.24, 2.45) is 0 Å². The summed E-state index contributed by atoms with van der Waals surface area (Å²) in [6.45, 7) is 5.51. The highest BCUT2D eigenvalue weighted by atomic mass is 32.2. The van der Waals surface area contributed by atoms with Gasteiger partial charge in [0.25, 0.3) is 0 Å². The Bertz CT molecular complexity index is 1640. The fourth-order valence-electron chi connectivity index (χ4n) is 5.83. The maximum atomic E-state index is 12.3. The van der Waals surface area contributed by atoms with Crippen molar-refractivity contribution in [3.8, 4) is 11.6 Å². The van der Waals surface area contributed by atoms with Crippen LogP contribution in [-0.2, 0) is 22.9 Å². The molecule has 4 heterocycles. The van der Waals surface area contributed by atoms with Crippen LogP contribution in [0.3, 0.4) is 0 Å². The van der Waals surface area contributed by atoms with Crippen molar-refractivity contribution in [2.75, 3.05) is 44.9 Å². The number of rotatable bonds is 8. The lowest BCUT2D eigenvalue weighted by Crippen LogP contribution is -2.20. The van der Waals surface area contributed by atoms with Gasteiger partial charge in [-0.25, -0.2) is 18.4 Å². The average Bonchev–Trinajstić information content (AvgIpc) is 3.64. The highest BCUT2D eigenvalue weighted by molar-refractivity contribution is 7.90. The summed E-state index contributed by atoms with van der Waals surface area (Å²) in [6, 6.07) is 12.6. The second-order valence-corrected chi connectivity index (χ2v) is 12.9. The van der Waals surface area contributed by atoms with Gasteiger partial charge in [-0.15, -0.1) is 0 Å². The van der Waals surface area contributed by atoms with E-state index in [4.69, 9.17) is 14.7 Å². The number of anilines is 2. The lowest BCUT2D eigenvalue weighted by atomic mass is 10.0. The number of nitrogens with zero attached hydrogens (tertiary/aromatic N) is 4. The van der Waals surface area contributed by atoms with Crippen molar-refractivity contribution in [3.05, 3.63) is 53.6 Å². The first kappa shape index (κ1) is 26.7. The van der Waals surface area contributed by atoms with Crippen LogP contribution < -0.4 is 10.1 Å². The third kappa shape index (κ3) is 5.43. The summed E-state index contributed by atoms with van der Waals surface area (Å²) in [5.74, 6) is 0.825. The SMILES string of the molecule is COc1ccc2nc3cc(S(C)(=O)=O)ccc3c(Nc3cc(CN4CCCC4)c(O)c(CN4CCCC4)c3)c2n1. The van der Waals surface area contributed by atoms with E-state index < -0.39 is 9.84 Å². The number of nitrogens with one attached hydrogen (secondary N) is 1. The van der Waals surface area contributed by atoms with Crippen LogP contribution in [0, 0.1) is 0 Å². The topological polar surface area (TPSA) is 108 Å². The quantitative estimate of drug-likeness (QED) is 0.231. The third-order valence-electron chi connectivity index (χ3n) is 7.92. The minimum atomic E-state index is -3.40. The van der Waals surface area contributed by atoms with Crippen molar-refractivity contribution in [1.29, 1.82) is 0 Å². The molecule has 2 aliphatic heterocycles. The van der Waals surface area contributed by atoms with Crippen LogP contribution in [0.5, 0.6) is 11.6 Å². The highest BCUT2D eigenvalue weighted by Crippen LogP contribution is 2.37. The number of methoxy groups -OCH3 is 1. The summed E-state index contributed by atoms with van der Waals surface area (Å²) in [5.41, 5.74) is 5.14. The van der Waals surface area contributed by atoms with Gasteiger partial charge in [0.2, 0.25) is 5.88 Å². The normalized spacial score (nSPS) is 16.8. The van der Waals surface area contributed by atoms with E-state index in [1.807, 2.05) is 18.2 Å². The van der Waals surface area contributed by atoms with Gasteiger partial charge in [0.05, 0.1) is 28.7 Å². The van der Waals surface area contributed by atoms with Crippen LogP contribution in [0.4, 0.5) is 11.4 Å². The molecule has 0 radical (unpaired) electrons. The molecule has 4 aromatic rings. The molecule has 0 unspecified atom stereocenters. The predicted molar refractivity (Wildman–Crippen MR) is 157 cm³/mol. The number of aromatic nitrogens is 2. The van der Waals surface area contributed by atoms with Gasteiger partial charge in [-0.1, -0.05) is 0 Å². The zero-order chi connectivity index (χ0) is 27.9. The second kappa shape index (κ2) is 10.8. The van der Waals surface area contributed by atoms with Crippen molar-refractivity contribution in [1.82, 2.24) is 19.8 Å². The van der Waals surface area contributed by atoms with Crippen molar-refractivity contribution in [3.63, 3.8) is 0 Å². The molecule has 0 amide bonds. The number of phenolic OH excluding ortho intramolecular Hbond substituents is 1. The van der Waals surface area contributed by atoms with Crippen LogP contribution in [-0.4, -0.2) is 72.8 Å². The summed E-state index contributed by atoms with van der Waals surface area (Å²) in [4.78, 5) is 14.4. The van der Waals surface area contributed by atoms with E-state index in [2.05, 4.69) is 15.1 Å². The summed E-state index contributed by atoms with van der Waals surface area (Å²) in [6.07, 6.45) is 5.91. The summed E-state index contributed by atoms with van der Waals surface area (Å²) < 4.78 is 30.0. The minimum Gasteiger partial charge on any atom is -0.507 e. The lowest BCUT2D eigenvalue weighted by Gasteiger charge is -2.22. The Balaban J connectivity index is 1.49. The molecular formula is C30H35N5O4S. The van der Waals surface area contributed by atoms with E-state index in [1.165, 1.54) is 31.9 Å². The molecule has 0 aliphatic carbocycles. The molecule has 2 aromatic carbocycles. The molecule has 2 aromatic heterocycles. The molecule has 6 rings (SSSR count). The largest absolute Gasteiger partial charge is 0.507 e. The number of phenols is 1. The number of pyridine rings is 2. The number of likely N-dealkylation sites (tertiary alicyclic amines) is 2. The number of ether oxygens (including phenoxy) is 1. The maximum absolute atomic E-state index is 12.3. The van der Waals surface area contributed by atoms with Crippen molar-refractivity contribution < 1.29 is 18.3 Å². The fraction of sp³-hybridized carbons (Fsp3) is 0.400. The number of sulfone groups is 1. The molecule has 10 heteroatoms. The monoisotopic (exact) mass is 561 g/mol. The van der Waals surface area contributed by atoms with E-state index in [0.717, 1.165) is 48.4 Å². The molecule has 210 valence electrons. The maximum Gasteiger partial charge on any atom is 0.213 e. The molecule has 2 saturated heterocycles. The Morgan fingerprint density at radius 3 is 2.08 bits per heavy atom. The average molecular weight is 562 g/mol. The van der Waals surface area contributed by atoms with Crippen LogP contribution in [0.25, 0.3) is 21.9 Å². The summed E-state index contributed by atoms with van der Waals surface area (Å²) in [5, 5.41) is 15.7. The Kier molecular flexibility index (Phi) is 7.24. The molecule has 2 N–H and O–H groups in total. The summed E-state index contributed by atoms with van der Waals surface area (Å²) in [7, 11) is -1.83. The Morgan fingerprint density at radius 2 is 1.50 bits per heavy atom. The van der Waals surface area contributed by atoms with Gasteiger partial charge in [0.15, 0.2) is 9.84 Å². The van der Waals surface area contributed by atoms with Gasteiger partial charge < -0.3 is 15.2 Å². The molecule has 0 atom stereocenters. The van der Waals surface area contributed by atoms with E-state index in [1.54, 1.807) is 31.4 Å². The summed E-state index contributed by atoms with van der Waals surface area (Å²) >= 11 is 0. The van der Waals surface area contributed by atoms with Crippen molar-refractivity contribution >= 4 is 43.1 Å². The van der Waals surface area contributed by atoms with E-state index >= 15 is 0 Å². The highest BCUT2D eigenvalue weighted by Gasteiger charge is 2.21. The van der Waals surface area contributed by atoms with Crippen LogP contribution in [0.1, 0.15) is 36.8 Å². The zero-order valence-corrected chi connectivity index (χ0v) is 23.8. The van der Waals surface area contributed by atoms with Crippen LogP contribution in [0.2, 0.25) is 0 Å². The molecule has 0 spiro atoms. The van der Waals surface area contributed by atoms with Gasteiger partial charge in [-0.3, -0.25) is 9.80 Å². The second-order valence-electron chi connectivity index (χ2n) is 10.9. The Labute approximate surface area is 234 Å². The van der Waals surface area contributed by atoms with Gasteiger partial charge >= 0.3 is 0 Å². The molecule has 2 aliphatic rings. The Hall–Kier alpha value is -3.47. The first-order valence-electron chi connectivity index (χ1n) is 13.8. The van der Waals surface area contributed by atoms with E-state index in [9.17, 15) is 13.5 Å². The number of fused-ring (bicyclic) bond motifs is 2. The lowest BCUT2D eigenvalue weighted by molar-refractivity contribution is 0.312. The number of hydrogen-bond donors (Lipinski definition) is 2. The molecular weight excluding hydrogens is 526 g/mol. The first-order chi connectivity index (χ1) is 19.3. The van der Waals surface area contributed by atoms with Gasteiger partial charge in [0.1, 0.15) is 11.3 Å². The number of benzene rings is 2. The van der Waals surface area contributed by atoms with Crippen molar-refractivity contribution in [2.45, 2.75) is 43.7 Å². The fourth-order valence-corrected chi connectivity index (χ4v) is 6.47. The first-order valence-corrected chi connectivity index (χ1v) is 15.7. The number of aromatic hydroxyl groups is 1. The van der Waals surface area contributed by atoms with Gasteiger partial charge in [0, 0.05) is 47.6 Å². The third-order valence-corrected chi connectivity index (χ3v) is 9.03. The molecule has 9 nitrogen and oxygen atoms in total. The molecule has 0 bridgehead atoms. The van der Waals surface area contributed by atoms with Gasteiger partial charge in [-0.2, -0.15) is 0 Å². The van der Waals surface area contributed by atoms with Crippen LogP contribution >= 0.6 is 0 Å². The van der Waals surface area contributed by atoms with Gasteiger partial charge in [-0.05, 0) is 88.3 Å². The van der Waals surface area contributed by atoms with Crippen LogP contribution in [0.15, 0.2) is 47.4 Å². The van der Waals surface area contributed by atoms with E-state index in [0.29, 0.717) is 47.0 Å². The minimum absolute atomic E-state index is 0.213. The molecule has 2 fully saturated rings. The zero-order valence-electron chi connectivity index (χ0n) is 23.0. The smallest absolute Gasteiger partial charge is 0.213 e. The predicted octanol–water partition coefficient (Wildman–Crippen LogP) is 4.84. The Morgan fingerprint density at radius 1 is 0.875 bits per heavy atom. The standard InChI is InChI=1S/C30H35N5O4S/c1-39-27-10-9-25-29(33-27)28(24-8-7-23(40(2,37)38)17-26(24)32-25)31-22-15-20(18-34-11-3-4-12-34)30(36)21(16-22)19-35-13-5-6-14-35/h7-10,15-17,36H,3-6,11-14,18-19H2,1-2H3,(H,31,32). The molecule has 0 saturated carbocycles. The number of hydrogen-bond acceptors (Lipinski definition) is 9. The van der Waals surface area contributed by atoms with E-state index in [-0.39, 0.29) is 4.90 Å².